The van der Waals surface area contributed by atoms with Gasteiger partial charge in [0.1, 0.15) is 0 Å². The molecule has 0 aromatic heterocycles. The summed E-state index contributed by atoms with van der Waals surface area (Å²) in [6, 6.07) is 1.23. The van der Waals surface area contributed by atoms with Gasteiger partial charge < -0.3 is 5.32 Å². The zero-order valence-corrected chi connectivity index (χ0v) is 12.9. The number of rotatable bonds is 3. The summed E-state index contributed by atoms with van der Waals surface area (Å²) in [5.41, 5.74) is 0. The van der Waals surface area contributed by atoms with Crippen molar-refractivity contribution in [3.8, 4) is 0 Å². The summed E-state index contributed by atoms with van der Waals surface area (Å²) in [5.74, 6) is 2.81. The van der Waals surface area contributed by atoms with Crippen molar-refractivity contribution in [1.82, 2.24) is 5.32 Å². The van der Waals surface area contributed by atoms with Crippen LogP contribution in [0.2, 0.25) is 0 Å². The average Bonchev–Trinajstić information content (AvgIpc) is 2.39. The highest BCUT2D eigenvalue weighted by atomic mass is 32.2. The van der Waals surface area contributed by atoms with Crippen LogP contribution >= 0.6 is 11.8 Å². The number of nitrogens with zero attached hydrogens (tertiary/aromatic N) is 1. The lowest BCUT2D eigenvalue weighted by atomic mass is 9.78. The molecular formula is C15H28N2S. The van der Waals surface area contributed by atoms with Crippen LogP contribution in [0.15, 0.2) is 4.99 Å². The van der Waals surface area contributed by atoms with Gasteiger partial charge >= 0.3 is 0 Å². The van der Waals surface area contributed by atoms with Crippen LogP contribution in [0.25, 0.3) is 0 Å². The highest BCUT2D eigenvalue weighted by molar-refractivity contribution is 8.13. The molecule has 1 aliphatic carbocycles. The Morgan fingerprint density at radius 1 is 1.28 bits per heavy atom. The predicted octanol–water partition coefficient (Wildman–Crippen LogP) is 4.06. The molecule has 0 bridgehead atoms. The molecule has 1 saturated heterocycles. The lowest BCUT2D eigenvalue weighted by Gasteiger charge is -2.33. The van der Waals surface area contributed by atoms with Crippen LogP contribution in [-0.2, 0) is 0 Å². The van der Waals surface area contributed by atoms with Crippen LogP contribution in [0, 0.1) is 11.8 Å². The van der Waals surface area contributed by atoms with Crippen molar-refractivity contribution in [3.05, 3.63) is 0 Å². The predicted molar refractivity (Wildman–Crippen MR) is 82.3 cm³/mol. The van der Waals surface area contributed by atoms with Gasteiger partial charge in [0.2, 0.25) is 0 Å². The second-order valence-electron chi connectivity index (χ2n) is 6.08. The largest absolute Gasteiger partial charge is 0.362 e. The number of thioether (sulfide) groups is 1. The summed E-state index contributed by atoms with van der Waals surface area (Å²) in [5, 5.41) is 4.85. The van der Waals surface area contributed by atoms with E-state index in [0.29, 0.717) is 12.1 Å². The van der Waals surface area contributed by atoms with Crippen molar-refractivity contribution in [2.24, 2.45) is 16.8 Å². The van der Waals surface area contributed by atoms with Crippen LogP contribution in [-0.4, -0.2) is 23.0 Å². The van der Waals surface area contributed by atoms with E-state index in [2.05, 4.69) is 26.1 Å². The molecule has 2 nitrogen and oxygen atoms in total. The molecule has 0 amide bonds. The third-order valence-electron chi connectivity index (χ3n) is 4.45. The van der Waals surface area contributed by atoms with Crippen LogP contribution in [0.4, 0.5) is 0 Å². The summed E-state index contributed by atoms with van der Waals surface area (Å²) in [7, 11) is 0. The first-order valence-electron chi connectivity index (χ1n) is 7.67. The van der Waals surface area contributed by atoms with Crippen molar-refractivity contribution >= 4 is 16.9 Å². The smallest absolute Gasteiger partial charge is 0.157 e. The van der Waals surface area contributed by atoms with Gasteiger partial charge in [0, 0.05) is 11.8 Å². The maximum Gasteiger partial charge on any atom is 0.157 e. The van der Waals surface area contributed by atoms with E-state index in [4.69, 9.17) is 4.99 Å². The fourth-order valence-electron chi connectivity index (χ4n) is 3.20. The number of amidine groups is 1. The van der Waals surface area contributed by atoms with Gasteiger partial charge in [-0.25, -0.2) is 0 Å². The topological polar surface area (TPSA) is 24.4 Å². The standard InChI is InChI=1S/C15H28N2S/c1-4-12-9-10-18-15(16-12)17-14-8-6-5-7-13(14)11(2)3/h11-14H,4-10H2,1-3H3,(H,16,17). The van der Waals surface area contributed by atoms with Crippen molar-refractivity contribution < 1.29 is 0 Å². The molecular weight excluding hydrogens is 240 g/mol. The number of hydrogen-bond acceptors (Lipinski definition) is 2. The minimum absolute atomic E-state index is 0.573. The minimum atomic E-state index is 0.573. The molecule has 2 rings (SSSR count). The van der Waals surface area contributed by atoms with Gasteiger partial charge in [-0.3, -0.25) is 4.99 Å². The lowest BCUT2D eigenvalue weighted by molar-refractivity contribution is 0.241. The fraction of sp³-hybridized carbons (Fsp3) is 0.933. The number of nitrogens with one attached hydrogen (secondary N) is 1. The summed E-state index contributed by atoms with van der Waals surface area (Å²) < 4.78 is 0. The van der Waals surface area contributed by atoms with E-state index >= 15 is 0 Å². The van der Waals surface area contributed by atoms with E-state index in [-0.39, 0.29) is 0 Å². The Bertz CT molecular complexity index is 288. The molecule has 3 atom stereocenters. The summed E-state index contributed by atoms with van der Waals surface area (Å²) in [4.78, 5) is 5.06. The van der Waals surface area contributed by atoms with E-state index in [9.17, 15) is 0 Å². The maximum absolute atomic E-state index is 5.06. The van der Waals surface area contributed by atoms with E-state index in [1.54, 1.807) is 0 Å². The molecule has 1 saturated carbocycles. The van der Waals surface area contributed by atoms with Gasteiger partial charge in [-0.1, -0.05) is 45.4 Å². The normalized spacial score (nSPS) is 35.8. The van der Waals surface area contributed by atoms with E-state index in [1.807, 2.05) is 11.8 Å². The van der Waals surface area contributed by atoms with E-state index in [0.717, 1.165) is 11.8 Å². The fourth-order valence-corrected chi connectivity index (χ4v) is 4.25. The Morgan fingerprint density at radius 3 is 2.78 bits per heavy atom. The Kier molecular flexibility index (Phi) is 5.40. The monoisotopic (exact) mass is 268 g/mol. The van der Waals surface area contributed by atoms with Gasteiger partial charge in [0.15, 0.2) is 5.17 Å². The van der Waals surface area contributed by atoms with Crippen LogP contribution in [0.3, 0.4) is 0 Å². The molecule has 104 valence electrons. The molecule has 3 unspecified atom stereocenters. The molecule has 3 heteroatoms. The van der Waals surface area contributed by atoms with Crippen molar-refractivity contribution in [2.75, 3.05) is 5.75 Å². The molecule has 18 heavy (non-hydrogen) atoms. The van der Waals surface area contributed by atoms with Gasteiger partial charge in [0.25, 0.3) is 0 Å². The number of hydrogen-bond donors (Lipinski definition) is 1. The highest BCUT2D eigenvalue weighted by Gasteiger charge is 2.28. The number of aliphatic imine (C=N–C) groups is 1. The first-order chi connectivity index (χ1) is 8.70. The third kappa shape index (κ3) is 3.66. The van der Waals surface area contributed by atoms with Gasteiger partial charge in [-0.15, -0.1) is 0 Å². The summed E-state index contributed by atoms with van der Waals surface area (Å²) in [6.07, 6.45) is 7.96. The van der Waals surface area contributed by atoms with Crippen LogP contribution < -0.4 is 5.32 Å². The van der Waals surface area contributed by atoms with Crippen LogP contribution in [0.1, 0.15) is 59.3 Å². The highest BCUT2D eigenvalue weighted by Crippen LogP contribution is 2.33. The van der Waals surface area contributed by atoms with Crippen LogP contribution in [0.5, 0.6) is 0 Å². The SMILES string of the molecule is CCC1CCSC(=NC2CCCCC2C(C)C)N1. The van der Waals surface area contributed by atoms with Crippen molar-refractivity contribution in [1.29, 1.82) is 0 Å². The quantitative estimate of drug-likeness (QED) is 0.834. The Labute approximate surface area is 116 Å². The molecule has 2 aliphatic rings. The van der Waals surface area contributed by atoms with Crippen molar-refractivity contribution in [2.45, 2.75) is 71.4 Å². The first kappa shape index (κ1) is 14.2. The lowest BCUT2D eigenvalue weighted by Crippen LogP contribution is -2.39. The minimum Gasteiger partial charge on any atom is -0.362 e. The molecule has 1 aliphatic heterocycles. The molecule has 0 aromatic rings. The second kappa shape index (κ2) is 6.83. The Morgan fingerprint density at radius 2 is 2.06 bits per heavy atom. The third-order valence-corrected chi connectivity index (χ3v) is 5.38. The maximum atomic E-state index is 5.06. The molecule has 0 aromatic carbocycles. The van der Waals surface area contributed by atoms with Gasteiger partial charge in [0.05, 0.1) is 6.04 Å². The zero-order valence-electron chi connectivity index (χ0n) is 12.1. The molecule has 0 radical (unpaired) electrons. The molecule has 2 fully saturated rings. The summed E-state index contributed by atoms with van der Waals surface area (Å²) in [6.45, 7) is 6.99. The summed E-state index contributed by atoms with van der Waals surface area (Å²) >= 11 is 1.93. The molecule has 1 heterocycles. The molecule has 1 N–H and O–H groups in total. The second-order valence-corrected chi connectivity index (χ2v) is 7.16. The zero-order chi connectivity index (χ0) is 13.0. The Hall–Kier alpha value is -0.180. The Balaban J connectivity index is 2.00. The van der Waals surface area contributed by atoms with Crippen molar-refractivity contribution in [3.63, 3.8) is 0 Å². The van der Waals surface area contributed by atoms with Gasteiger partial charge in [-0.2, -0.15) is 0 Å². The van der Waals surface area contributed by atoms with E-state index < -0.39 is 0 Å². The average molecular weight is 268 g/mol. The first-order valence-corrected chi connectivity index (χ1v) is 8.66. The van der Waals surface area contributed by atoms with Gasteiger partial charge in [-0.05, 0) is 37.5 Å². The molecule has 0 spiro atoms. The van der Waals surface area contributed by atoms with E-state index in [1.165, 1.54) is 49.4 Å².